The Kier molecular flexibility index (Phi) is 5.74. The van der Waals surface area contributed by atoms with Crippen LogP contribution in [0.25, 0.3) is 0 Å². The first-order valence-electron chi connectivity index (χ1n) is 9.04. The number of halogens is 3. The number of nitrogens with zero attached hydrogens (tertiary/aromatic N) is 1. The smallest absolute Gasteiger partial charge is 0.416 e. The van der Waals surface area contributed by atoms with Crippen molar-refractivity contribution in [3.05, 3.63) is 35.4 Å². The van der Waals surface area contributed by atoms with Crippen molar-refractivity contribution in [3.63, 3.8) is 0 Å². The lowest BCUT2D eigenvalue weighted by Gasteiger charge is -2.35. The summed E-state index contributed by atoms with van der Waals surface area (Å²) in [4.78, 5) is 25.4. The Hall–Kier alpha value is -2.09. The van der Waals surface area contributed by atoms with Crippen molar-refractivity contribution < 1.29 is 32.6 Å². The monoisotopic (exact) mass is 385 g/mol. The molecule has 3 rings (SSSR count). The second-order valence-electron chi connectivity index (χ2n) is 7.16. The van der Waals surface area contributed by atoms with Gasteiger partial charge in [0.2, 0.25) is 5.91 Å². The molecule has 5 nitrogen and oxygen atoms in total. The SMILES string of the molecule is O=C(O)C1CCO[C@H]1C1CCN(C(=O)Cc2ccc(C(F)(F)F)cc2)CC1. The molecule has 0 saturated carbocycles. The number of ether oxygens (including phenoxy) is 1. The second-order valence-corrected chi connectivity index (χ2v) is 7.16. The van der Waals surface area contributed by atoms with Gasteiger partial charge in [-0.05, 0) is 42.9 Å². The highest BCUT2D eigenvalue weighted by atomic mass is 19.4. The maximum Gasteiger partial charge on any atom is 0.416 e. The van der Waals surface area contributed by atoms with Gasteiger partial charge in [0.05, 0.1) is 24.0 Å². The third-order valence-corrected chi connectivity index (χ3v) is 5.45. The van der Waals surface area contributed by atoms with E-state index in [1.54, 1.807) is 4.90 Å². The van der Waals surface area contributed by atoms with Crippen molar-refractivity contribution in [3.8, 4) is 0 Å². The van der Waals surface area contributed by atoms with Crippen LogP contribution in [0, 0.1) is 11.8 Å². The van der Waals surface area contributed by atoms with Crippen LogP contribution in [-0.2, 0) is 26.9 Å². The third-order valence-electron chi connectivity index (χ3n) is 5.45. The number of aliphatic carboxylic acids is 1. The van der Waals surface area contributed by atoms with E-state index in [1.807, 2.05) is 0 Å². The minimum absolute atomic E-state index is 0.0560. The molecule has 1 unspecified atom stereocenters. The number of alkyl halides is 3. The van der Waals surface area contributed by atoms with E-state index in [-0.39, 0.29) is 24.3 Å². The molecule has 0 aliphatic carbocycles. The zero-order chi connectivity index (χ0) is 19.6. The summed E-state index contributed by atoms with van der Waals surface area (Å²) in [7, 11) is 0. The van der Waals surface area contributed by atoms with Gasteiger partial charge < -0.3 is 14.7 Å². The van der Waals surface area contributed by atoms with Gasteiger partial charge in [-0.15, -0.1) is 0 Å². The van der Waals surface area contributed by atoms with Gasteiger partial charge in [0.15, 0.2) is 0 Å². The molecule has 0 radical (unpaired) electrons. The highest BCUT2D eigenvalue weighted by Gasteiger charge is 2.40. The summed E-state index contributed by atoms with van der Waals surface area (Å²) < 4.78 is 43.4. The van der Waals surface area contributed by atoms with Gasteiger partial charge in [0, 0.05) is 19.7 Å². The number of amides is 1. The summed E-state index contributed by atoms with van der Waals surface area (Å²) >= 11 is 0. The first-order chi connectivity index (χ1) is 12.8. The van der Waals surface area contributed by atoms with E-state index in [4.69, 9.17) is 4.74 Å². The van der Waals surface area contributed by atoms with Gasteiger partial charge in [-0.3, -0.25) is 9.59 Å². The fraction of sp³-hybridized carbons (Fsp3) is 0.579. The lowest BCUT2D eigenvalue weighted by molar-refractivity contribution is -0.146. The first kappa shape index (κ1) is 19.7. The molecule has 2 aliphatic rings. The number of hydrogen-bond acceptors (Lipinski definition) is 3. The van der Waals surface area contributed by atoms with E-state index in [9.17, 15) is 27.9 Å². The quantitative estimate of drug-likeness (QED) is 0.865. The molecule has 1 N–H and O–H groups in total. The van der Waals surface area contributed by atoms with Gasteiger partial charge in [-0.2, -0.15) is 13.2 Å². The molecule has 2 heterocycles. The molecule has 2 atom stereocenters. The van der Waals surface area contributed by atoms with Gasteiger partial charge >= 0.3 is 12.1 Å². The largest absolute Gasteiger partial charge is 0.481 e. The van der Waals surface area contributed by atoms with Gasteiger partial charge in [0.1, 0.15) is 0 Å². The average Bonchev–Trinajstić information content (AvgIpc) is 3.11. The number of carbonyl (C=O) groups excluding carboxylic acids is 1. The molecule has 1 amide bonds. The Bertz CT molecular complexity index is 681. The Balaban J connectivity index is 1.52. The van der Waals surface area contributed by atoms with Gasteiger partial charge in [0.25, 0.3) is 0 Å². The van der Waals surface area contributed by atoms with Crippen LogP contribution < -0.4 is 0 Å². The Labute approximate surface area is 155 Å². The molecule has 0 bridgehead atoms. The lowest BCUT2D eigenvalue weighted by Crippen LogP contribution is -2.43. The molecular formula is C19H22F3NO4. The summed E-state index contributed by atoms with van der Waals surface area (Å²) in [6.07, 6.45) is -2.76. The van der Waals surface area contributed by atoms with Crippen molar-refractivity contribution >= 4 is 11.9 Å². The zero-order valence-corrected chi connectivity index (χ0v) is 14.7. The molecule has 0 spiro atoms. The zero-order valence-electron chi connectivity index (χ0n) is 14.7. The van der Waals surface area contributed by atoms with Crippen molar-refractivity contribution in [1.82, 2.24) is 4.90 Å². The average molecular weight is 385 g/mol. The number of benzene rings is 1. The molecule has 27 heavy (non-hydrogen) atoms. The predicted octanol–water partition coefficient (Wildman–Crippen LogP) is 2.98. The molecule has 1 aromatic rings. The summed E-state index contributed by atoms with van der Waals surface area (Å²) in [5.41, 5.74) is -0.191. The van der Waals surface area contributed by atoms with Crippen LogP contribution >= 0.6 is 0 Å². The minimum Gasteiger partial charge on any atom is -0.481 e. The van der Waals surface area contributed by atoms with E-state index in [2.05, 4.69) is 0 Å². The maximum absolute atomic E-state index is 12.6. The number of likely N-dealkylation sites (tertiary alicyclic amines) is 1. The second kappa shape index (κ2) is 7.88. The van der Waals surface area contributed by atoms with E-state index in [0.717, 1.165) is 12.1 Å². The number of carboxylic acid groups (broad SMARTS) is 1. The number of piperidine rings is 1. The van der Waals surface area contributed by atoms with E-state index in [0.29, 0.717) is 44.5 Å². The van der Waals surface area contributed by atoms with Crippen molar-refractivity contribution in [2.45, 2.75) is 38.0 Å². The Morgan fingerprint density at radius 2 is 1.74 bits per heavy atom. The first-order valence-corrected chi connectivity index (χ1v) is 9.04. The number of carbonyl (C=O) groups is 2. The van der Waals surface area contributed by atoms with Crippen LogP contribution in [0.15, 0.2) is 24.3 Å². The molecular weight excluding hydrogens is 363 g/mol. The van der Waals surface area contributed by atoms with Crippen LogP contribution in [0.5, 0.6) is 0 Å². The predicted molar refractivity (Wildman–Crippen MR) is 89.9 cm³/mol. The van der Waals surface area contributed by atoms with Crippen LogP contribution in [0.1, 0.15) is 30.4 Å². The van der Waals surface area contributed by atoms with Crippen LogP contribution in [0.3, 0.4) is 0 Å². The molecule has 0 aromatic heterocycles. The summed E-state index contributed by atoms with van der Waals surface area (Å²) in [6, 6.07) is 4.63. The topological polar surface area (TPSA) is 66.8 Å². The lowest BCUT2D eigenvalue weighted by atomic mass is 9.84. The standard InChI is InChI=1S/C19H22F3NO4/c20-19(21,22)14-3-1-12(2-4-14)11-16(24)23-8-5-13(6-9-23)17-15(18(25)26)7-10-27-17/h1-4,13,15,17H,5-11H2,(H,25,26)/t15?,17-/m0/s1. The number of hydrogen-bond donors (Lipinski definition) is 1. The molecule has 2 saturated heterocycles. The normalized spacial score (nSPS) is 24.2. The summed E-state index contributed by atoms with van der Waals surface area (Å²) in [5, 5.41) is 9.27. The molecule has 8 heteroatoms. The maximum atomic E-state index is 12.6. The highest BCUT2D eigenvalue weighted by molar-refractivity contribution is 5.79. The van der Waals surface area contributed by atoms with Crippen LogP contribution in [0.2, 0.25) is 0 Å². The minimum atomic E-state index is -4.39. The van der Waals surface area contributed by atoms with Gasteiger partial charge in [-0.25, -0.2) is 0 Å². The van der Waals surface area contributed by atoms with Crippen LogP contribution in [0.4, 0.5) is 13.2 Å². The molecule has 2 aliphatic heterocycles. The van der Waals surface area contributed by atoms with Crippen molar-refractivity contribution in [1.29, 1.82) is 0 Å². The van der Waals surface area contributed by atoms with Crippen molar-refractivity contribution in [2.75, 3.05) is 19.7 Å². The summed E-state index contributed by atoms with van der Waals surface area (Å²) in [6.45, 7) is 1.47. The Morgan fingerprint density at radius 1 is 1.11 bits per heavy atom. The fourth-order valence-electron chi connectivity index (χ4n) is 3.92. The van der Waals surface area contributed by atoms with Crippen molar-refractivity contribution in [2.24, 2.45) is 11.8 Å². The van der Waals surface area contributed by atoms with E-state index in [1.165, 1.54) is 12.1 Å². The third kappa shape index (κ3) is 4.61. The molecule has 148 valence electrons. The van der Waals surface area contributed by atoms with E-state index >= 15 is 0 Å². The highest BCUT2D eigenvalue weighted by Crippen LogP contribution is 2.33. The number of carboxylic acids is 1. The molecule has 1 aromatic carbocycles. The molecule has 2 fully saturated rings. The Morgan fingerprint density at radius 3 is 2.30 bits per heavy atom. The fourth-order valence-corrected chi connectivity index (χ4v) is 3.92. The number of rotatable bonds is 4. The van der Waals surface area contributed by atoms with Crippen LogP contribution in [-0.4, -0.2) is 47.7 Å². The van der Waals surface area contributed by atoms with Gasteiger partial charge in [-0.1, -0.05) is 12.1 Å². The van der Waals surface area contributed by atoms with E-state index < -0.39 is 23.6 Å². The summed E-state index contributed by atoms with van der Waals surface area (Å²) in [5.74, 6) is -1.33.